The van der Waals surface area contributed by atoms with Crippen LogP contribution in [0.1, 0.15) is 37.7 Å². The Hall–Kier alpha value is -0.850. The number of nitrogens with one attached hydrogen (secondary N) is 1. The van der Waals surface area contributed by atoms with E-state index in [1.54, 1.807) is 19.2 Å². The third kappa shape index (κ3) is 4.07. The highest BCUT2D eigenvalue weighted by Crippen LogP contribution is 2.39. The highest BCUT2D eigenvalue weighted by atomic mass is 127. The summed E-state index contributed by atoms with van der Waals surface area (Å²) in [7, 11) is 1.67. The first-order valence-corrected chi connectivity index (χ1v) is 6.88. The summed E-state index contributed by atoms with van der Waals surface area (Å²) >= 11 is 0. The van der Waals surface area contributed by atoms with Crippen molar-refractivity contribution in [1.29, 1.82) is 0 Å². The zero-order valence-corrected chi connectivity index (χ0v) is 14.2. The number of benzene rings is 1. The Labute approximate surface area is 137 Å². The van der Waals surface area contributed by atoms with Gasteiger partial charge in [0.1, 0.15) is 5.82 Å². The van der Waals surface area contributed by atoms with Gasteiger partial charge in [0, 0.05) is 19.0 Å². The maximum Gasteiger partial charge on any atom is 0.188 e. The van der Waals surface area contributed by atoms with Crippen LogP contribution in [0, 0.1) is 5.82 Å². The van der Waals surface area contributed by atoms with Crippen molar-refractivity contribution < 1.29 is 4.39 Å². The van der Waals surface area contributed by atoms with Gasteiger partial charge in [0.05, 0.1) is 0 Å². The molecule has 0 aromatic heterocycles. The molecule has 3 nitrogen and oxygen atoms in total. The quantitative estimate of drug-likeness (QED) is 0.473. The minimum atomic E-state index is -0.183. The van der Waals surface area contributed by atoms with Crippen LogP contribution >= 0.6 is 24.0 Å². The molecule has 1 aliphatic rings. The first-order chi connectivity index (χ1) is 9.16. The van der Waals surface area contributed by atoms with Crippen molar-refractivity contribution in [1.82, 2.24) is 5.32 Å². The van der Waals surface area contributed by atoms with Crippen molar-refractivity contribution in [3.63, 3.8) is 0 Å². The summed E-state index contributed by atoms with van der Waals surface area (Å²) in [6.07, 6.45) is 5.93. The Balaban J connectivity index is 0.00000200. The molecule has 0 saturated heterocycles. The number of nitrogens with zero attached hydrogens (tertiary/aromatic N) is 1. The van der Waals surface area contributed by atoms with Crippen LogP contribution in [0.15, 0.2) is 29.3 Å². The van der Waals surface area contributed by atoms with Gasteiger partial charge in [-0.25, -0.2) is 4.39 Å². The van der Waals surface area contributed by atoms with Crippen molar-refractivity contribution in [3.8, 4) is 0 Å². The molecule has 2 rings (SSSR count). The first-order valence-electron chi connectivity index (χ1n) is 6.88. The lowest BCUT2D eigenvalue weighted by atomic mass is 9.69. The number of hydrogen-bond acceptors (Lipinski definition) is 1. The molecule has 0 spiro atoms. The fourth-order valence-electron chi connectivity index (χ4n) is 2.94. The second-order valence-electron chi connectivity index (χ2n) is 5.31. The van der Waals surface area contributed by atoms with Gasteiger partial charge < -0.3 is 11.1 Å². The Bertz CT molecular complexity index is 439. The van der Waals surface area contributed by atoms with E-state index in [0.29, 0.717) is 5.96 Å². The maximum atomic E-state index is 13.1. The highest BCUT2D eigenvalue weighted by Gasteiger charge is 2.33. The Morgan fingerprint density at radius 1 is 1.25 bits per heavy atom. The van der Waals surface area contributed by atoms with Crippen LogP contribution in [0.2, 0.25) is 0 Å². The van der Waals surface area contributed by atoms with E-state index in [-0.39, 0.29) is 35.2 Å². The normalized spacial score (nSPS) is 18.2. The van der Waals surface area contributed by atoms with Crippen molar-refractivity contribution in [2.45, 2.75) is 37.5 Å². The molecular formula is C15H23FIN3. The van der Waals surface area contributed by atoms with Gasteiger partial charge in [0.25, 0.3) is 0 Å². The summed E-state index contributed by atoms with van der Waals surface area (Å²) in [5, 5.41) is 3.19. The minimum Gasteiger partial charge on any atom is -0.370 e. The predicted octanol–water partition coefficient (Wildman–Crippen LogP) is 3.18. The first kappa shape index (κ1) is 17.2. The molecule has 20 heavy (non-hydrogen) atoms. The molecule has 112 valence electrons. The molecule has 1 aromatic rings. The molecule has 0 amide bonds. The van der Waals surface area contributed by atoms with Gasteiger partial charge in [0.15, 0.2) is 5.96 Å². The third-order valence-electron chi connectivity index (χ3n) is 4.12. The summed E-state index contributed by atoms with van der Waals surface area (Å²) in [5.41, 5.74) is 6.99. The molecule has 1 fully saturated rings. The SMILES string of the molecule is CN=C(N)NCC1(c2ccc(F)cc2)CCCCC1.I. The van der Waals surface area contributed by atoms with Gasteiger partial charge in [-0.15, -0.1) is 24.0 Å². The zero-order valence-electron chi connectivity index (χ0n) is 11.9. The maximum absolute atomic E-state index is 13.1. The Morgan fingerprint density at radius 3 is 2.40 bits per heavy atom. The summed E-state index contributed by atoms with van der Waals surface area (Å²) in [5.74, 6) is 0.282. The van der Waals surface area contributed by atoms with Crippen molar-refractivity contribution >= 4 is 29.9 Å². The fraction of sp³-hybridized carbons (Fsp3) is 0.533. The topological polar surface area (TPSA) is 50.4 Å². The molecule has 3 N–H and O–H groups in total. The lowest BCUT2D eigenvalue weighted by Crippen LogP contribution is -2.44. The second kappa shape index (κ2) is 7.81. The third-order valence-corrected chi connectivity index (χ3v) is 4.12. The van der Waals surface area contributed by atoms with Crippen molar-refractivity contribution in [2.24, 2.45) is 10.7 Å². The van der Waals surface area contributed by atoms with E-state index in [4.69, 9.17) is 5.73 Å². The van der Waals surface area contributed by atoms with E-state index >= 15 is 0 Å². The number of hydrogen-bond donors (Lipinski definition) is 2. The van der Waals surface area contributed by atoms with Crippen molar-refractivity contribution in [2.75, 3.05) is 13.6 Å². The summed E-state index contributed by atoms with van der Waals surface area (Å²) < 4.78 is 13.1. The number of guanidine groups is 1. The number of rotatable bonds is 3. The van der Waals surface area contributed by atoms with Crippen LogP contribution in [0.4, 0.5) is 4.39 Å². The standard InChI is InChI=1S/C15H22FN3.HI/c1-18-14(17)19-11-15(9-3-2-4-10-15)12-5-7-13(16)8-6-12;/h5-8H,2-4,9-11H2,1H3,(H3,17,18,19);1H. The largest absolute Gasteiger partial charge is 0.370 e. The molecule has 0 atom stereocenters. The van der Waals surface area contributed by atoms with E-state index in [1.165, 1.54) is 24.8 Å². The van der Waals surface area contributed by atoms with Gasteiger partial charge in [-0.05, 0) is 30.5 Å². The van der Waals surface area contributed by atoms with Crippen LogP contribution in [-0.2, 0) is 5.41 Å². The lowest BCUT2D eigenvalue weighted by molar-refractivity contribution is 0.291. The van der Waals surface area contributed by atoms with E-state index in [2.05, 4.69) is 10.3 Å². The summed E-state index contributed by atoms with van der Waals surface area (Å²) in [6.45, 7) is 0.766. The minimum absolute atomic E-state index is 0. The fourth-order valence-corrected chi connectivity index (χ4v) is 2.94. The van der Waals surface area contributed by atoms with Crippen LogP contribution in [0.5, 0.6) is 0 Å². The van der Waals surface area contributed by atoms with E-state index in [9.17, 15) is 4.39 Å². The smallest absolute Gasteiger partial charge is 0.188 e. The van der Waals surface area contributed by atoms with Gasteiger partial charge in [0.2, 0.25) is 0 Å². The van der Waals surface area contributed by atoms with Crippen molar-refractivity contribution in [3.05, 3.63) is 35.6 Å². The predicted molar refractivity (Wildman–Crippen MR) is 92.1 cm³/mol. The van der Waals surface area contributed by atoms with Crippen LogP contribution in [-0.4, -0.2) is 19.6 Å². The van der Waals surface area contributed by atoms with Gasteiger partial charge >= 0.3 is 0 Å². The molecule has 5 heteroatoms. The molecule has 1 aromatic carbocycles. The molecule has 1 saturated carbocycles. The Morgan fingerprint density at radius 2 is 1.85 bits per heavy atom. The molecular weight excluding hydrogens is 368 g/mol. The molecule has 0 bridgehead atoms. The molecule has 0 aliphatic heterocycles. The molecule has 0 heterocycles. The van der Waals surface area contributed by atoms with E-state index in [0.717, 1.165) is 19.4 Å². The van der Waals surface area contributed by atoms with Gasteiger partial charge in [-0.3, -0.25) is 4.99 Å². The molecule has 0 radical (unpaired) electrons. The van der Waals surface area contributed by atoms with Crippen LogP contribution in [0.25, 0.3) is 0 Å². The number of aliphatic imine (C=N–C) groups is 1. The van der Waals surface area contributed by atoms with Crippen LogP contribution < -0.4 is 11.1 Å². The van der Waals surface area contributed by atoms with E-state index in [1.807, 2.05) is 12.1 Å². The highest BCUT2D eigenvalue weighted by molar-refractivity contribution is 14.0. The second-order valence-corrected chi connectivity index (χ2v) is 5.31. The molecule has 0 unspecified atom stereocenters. The summed E-state index contributed by atoms with van der Waals surface area (Å²) in [4.78, 5) is 3.94. The monoisotopic (exact) mass is 391 g/mol. The van der Waals surface area contributed by atoms with Crippen LogP contribution in [0.3, 0.4) is 0 Å². The average molecular weight is 391 g/mol. The van der Waals surface area contributed by atoms with Gasteiger partial charge in [-0.2, -0.15) is 0 Å². The number of nitrogens with two attached hydrogens (primary N) is 1. The number of halogens is 2. The van der Waals surface area contributed by atoms with E-state index < -0.39 is 0 Å². The van der Waals surface area contributed by atoms with Gasteiger partial charge in [-0.1, -0.05) is 31.4 Å². The lowest BCUT2D eigenvalue weighted by Gasteiger charge is -2.38. The molecule has 1 aliphatic carbocycles. The zero-order chi connectivity index (χ0) is 13.7. The average Bonchev–Trinajstić information content (AvgIpc) is 2.46. The summed E-state index contributed by atoms with van der Waals surface area (Å²) in [6, 6.07) is 6.90. The Kier molecular flexibility index (Phi) is 6.71.